The van der Waals surface area contributed by atoms with E-state index in [9.17, 15) is 9.59 Å². The molecular formula is C15H21N3O2. The van der Waals surface area contributed by atoms with Crippen molar-refractivity contribution >= 4 is 17.9 Å². The number of anilines is 1. The number of aldehydes is 1. The van der Waals surface area contributed by atoms with E-state index in [2.05, 4.69) is 4.90 Å². The molecule has 1 aliphatic heterocycles. The number of hydrogen-bond acceptors (Lipinski definition) is 4. The number of likely N-dealkylation sites (N-methyl/N-ethyl adjacent to an activating group) is 1. The monoisotopic (exact) mass is 275 g/mol. The number of nitrogens with zero attached hydrogens (tertiary/aromatic N) is 3. The van der Waals surface area contributed by atoms with Gasteiger partial charge in [0.1, 0.15) is 0 Å². The van der Waals surface area contributed by atoms with E-state index in [0.29, 0.717) is 25.2 Å². The van der Waals surface area contributed by atoms with Gasteiger partial charge in [0.25, 0.3) is 0 Å². The van der Waals surface area contributed by atoms with Crippen molar-refractivity contribution < 1.29 is 9.59 Å². The van der Waals surface area contributed by atoms with Gasteiger partial charge < -0.3 is 14.7 Å². The van der Waals surface area contributed by atoms with Crippen LogP contribution in [0.5, 0.6) is 0 Å². The second-order valence-corrected chi connectivity index (χ2v) is 5.28. The zero-order chi connectivity index (χ0) is 14.5. The number of benzene rings is 1. The van der Waals surface area contributed by atoms with Gasteiger partial charge in [0.15, 0.2) is 6.29 Å². The summed E-state index contributed by atoms with van der Waals surface area (Å²) < 4.78 is 0. The van der Waals surface area contributed by atoms with Crippen LogP contribution in [0.25, 0.3) is 0 Å². The summed E-state index contributed by atoms with van der Waals surface area (Å²) in [7, 11) is 3.79. The Morgan fingerprint density at radius 2 is 1.85 bits per heavy atom. The Kier molecular flexibility index (Phi) is 4.74. The molecule has 0 aliphatic carbocycles. The molecule has 0 aromatic heterocycles. The molecule has 0 atom stereocenters. The average Bonchev–Trinajstić information content (AvgIpc) is 2.46. The molecule has 2 rings (SSSR count). The predicted molar refractivity (Wildman–Crippen MR) is 79.2 cm³/mol. The highest BCUT2D eigenvalue weighted by molar-refractivity contribution is 5.84. The fourth-order valence-electron chi connectivity index (χ4n) is 2.44. The molecule has 1 aliphatic rings. The van der Waals surface area contributed by atoms with Crippen molar-refractivity contribution in [1.82, 2.24) is 9.80 Å². The highest BCUT2D eigenvalue weighted by Gasteiger charge is 2.22. The van der Waals surface area contributed by atoms with Crippen LogP contribution < -0.4 is 4.90 Å². The molecule has 108 valence electrons. The summed E-state index contributed by atoms with van der Waals surface area (Å²) in [5, 5.41) is 0. The molecule has 1 aromatic rings. The second kappa shape index (κ2) is 6.52. The van der Waals surface area contributed by atoms with Crippen LogP contribution in [-0.4, -0.2) is 68.8 Å². The average molecular weight is 275 g/mol. The first-order valence-electron chi connectivity index (χ1n) is 6.83. The third-order valence-electron chi connectivity index (χ3n) is 3.49. The first-order chi connectivity index (χ1) is 9.61. The SMILES string of the molecule is CN(C)CC(=O)N1CCN(c2ccccc2C=O)CC1. The summed E-state index contributed by atoms with van der Waals surface area (Å²) in [6.45, 7) is 3.40. The summed E-state index contributed by atoms with van der Waals surface area (Å²) >= 11 is 0. The maximum atomic E-state index is 12.0. The Bertz CT molecular complexity index is 480. The minimum atomic E-state index is 0.165. The fraction of sp³-hybridized carbons (Fsp3) is 0.467. The van der Waals surface area contributed by atoms with E-state index < -0.39 is 0 Å². The molecule has 0 unspecified atom stereocenters. The topological polar surface area (TPSA) is 43.9 Å². The lowest BCUT2D eigenvalue weighted by molar-refractivity contribution is -0.132. The molecule has 0 radical (unpaired) electrons. The number of carbonyl (C=O) groups is 2. The van der Waals surface area contributed by atoms with Crippen molar-refractivity contribution in [3.63, 3.8) is 0 Å². The van der Waals surface area contributed by atoms with E-state index in [1.54, 1.807) is 0 Å². The Morgan fingerprint density at radius 3 is 2.45 bits per heavy atom. The first kappa shape index (κ1) is 14.5. The molecule has 1 amide bonds. The number of rotatable bonds is 4. The third kappa shape index (κ3) is 3.36. The van der Waals surface area contributed by atoms with Gasteiger partial charge in [-0.05, 0) is 26.2 Å². The molecule has 0 spiro atoms. The predicted octanol–water partition coefficient (Wildman–Crippen LogP) is 0.709. The molecule has 1 saturated heterocycles. The van der Waals surface area contributed by atoms with Crippen LogP contribution in [0.15, 0.2) is 24.3 Å². The highest BCUT2D eigenvalue weighted by Crippen LogP contribution is 2.20. The number of amides is 1. The van der Waals surface area contributed by atoms with E-state index in [1.165, 1.54) is 0 Å². The van der Waals surface area contributed by atoms with Crippen molar-refractivity contribution in [2.75, 3.05) is 51.7 Å². The molecule has 0 saturated carbocycles. The number of hydrogen-bond donors (Lipinski definition) is 0. The minimum absolute atomic E-state index is 0.165. The van der Waals surface area contributed by atoms with Crippen LogP contribution in [0.3, 0.4) is 0 Å². The summed E-state index contributed by atoms with van der Waals surface area (Å²) in [6.07, 6.45) is 0.888. The van der Waals surface area contributed by atoms with Gasteiger partial charge in [-0.2, -0.15) is 0 Å². The lowest BCUT2D eigenvalue weighted by Gasteiger charge is -2.37. The largest absolute Gasteiger partial charge is 0.367 e. The lowest BCUT2D eigenvalue weighted by atomic mass is 10.1. The van der Waals surface area contributed by atoms with Gasteiger partial charge in [0, 0.05) is 37.4 Å². The molecule has 0 bridgehead atoms. The molecule has 1 heterocycles. The van der Waals surface area contributed by atoms with Crippen LogP contribution in [0.2, 0.25) is 0 Å². The molecule has 5 heteroatoms. The number of para-hydroxylation sites is 1. The van der Waals surface area contributed by atoms with Crippen molar-refractivity contribution in [3.8, 4) is 0 Å². The van der Waals surface area contributed by atoms with Crippen LogP contribution in [0, 0.1) is 0 Å². The standard InChI is InChI=1S/C15H21N3O2/c1-16(2)11-15(20)18-9-7-17(8-10-18)14-6-4-3-5-13(14)12-19/h3-6,12H,7-11H2,1-2H3. The molecule has 0 N–H and O–H groups in total. The summed E-state index contributed by atoms with van der Waals surface area (Å²) in [4.78, 5) is 29.0. The summed E-state index contributed by atoms with van der Waals surface area (Å²) in [5.41, 5.74) is 1.67. The van der Waals surface area contributed by atoms with Crippen LogP contribution >= 0.6 is 0 Å². The van der Waals surface area contributed by atoms with Crippen LogP contribution in [0.4, 0.5) is 5.69 Å². The molecule has 1 aromatic carbocycles. The highest BCUT2D eigenvalue weighted by atomic mass is 16.2. The van der Waals surface area contributed by atoms with E-state index in [-0.39, 0.29) is 5.91 Å². The van der Waals surface area contributed by atoms with E-state index >= 15 is 0 Å². The van der Waals surface area contributed by atoms with Crippen LogP contribution in [-0.2, 0) is 4.79 Å². The van der Waals surface area contributed by atoms with E-state index in [0.717, 1.165) is 25.1 Å². The molecule has 1 fully saturated rings. The van der Waals surface area contributed by atoms with Gasteiger partial charge in [-0.1, -0.05) is 12.1 Å². The zero-order valence-electron chi connectivity index (χ0n) is 12.1. The van der Waals surface area contributed by atoms with E-state index in [1.807, 2.05) is 48.2 Å². The molecule has 5 nitrogen and oxygen atoms in total. The first-order valence-corrected chi connectivity index (χ1v) is 6.83. The maximum absolute atomic E-state index is 12.0. The van der Waals surface area contributed by atoms with Crippen molar-refractivity contribution in [2.24, 2.45) is 0 Å². The van der Waals surface area contributed by atoms with Crippen molar-refractivity contribution in [1.29, 1.82) is 0 Å². The molecule has 20 heavy (non-hydrogen) atoms. The number of piperazine rings is 1. The Labute approximate surface area is 119 Å². The fourth-order valence-corrected chi connectivity index (χ4v) is 2.44. The van der Waals surface area contributed by atoms with Crippen molar-refractivity contribution in [2.45, 2.75) is 0 Å². The van der Waals surface area contributed by atoms with Crippen molar-refractivity contribution in [3.05, 3.63) is 29.8 Å². The Hall–Kier alpha value is -1.88. The third-order valence-corrected chi connectivity index (χ3v) is 3.49. The van der Waals surface area contributed by atoms with Gasteiger partial charge in [0.2, 0.25) is 5.91 Å². The summed E-state index contributed by atoms with van der Waals surface area (Å²) in [6, 6.07) is 7.59. The van der Waals surface area contributed by atoms with Gasteiger partial charge in [-0.3, -0.25) is 9.59 Å². The minimum Gasteiger partial charge on any atom is -0.367 e. The smallest absolute Gasteiger partial charge is 0.236 e. The van der Waals surface area contributed by atoms with Gasteiger partial charge >= 0.3 is 0 Å². The number of carbonyl (C=O) groups excluding carboxylic acids is 2. The normalized spacial score (nSPS) is 15.6. The van der Waals surface area contributed by atoms with Gasteiger partial charge in [-0.15, -0.1) is 0 Å². The maximum Gasteiger partial charge on any atom is 0.236 e. The summed E-state index contributed by atoms with van der Waals surface area (Å²) in [5.74, 6) is 0.165. The zero-order valence-corrected chi connectivity index (χ0v) is 12.1. The van der Waals surface area contributed by atoms with Crippen LogP contribution in [0.1, 0.15) is 10.4 Å². The quantitative estimate of drug-likeness (QED) is 0.759. The Balaban J connectivity index is 1.97. The van der Waals surface area contributed by atoms with Gasteiger partial charge in [0.05, 0.1) is 6.54 Å². The lowest BCUT2D eigenvalue weighted by Crippen LogP contribution is -2.50. The van der Waals surface area contributed by atoms with E-state index in [4.69, 9.17) is 0 Å². The molecular weight excluding hydrogens is 254 g/mol. The second-order valence-electron chi connectivity index (χ2n) is 5.28. The van der Waals surface area contributed by atoms with Gasteiger partial charge in [-0.25, -0.2) is 0 Å². The Morgan fingerprint density at radius 1 is 1.20 bits per heavy atom.